The van der Waals surface area contributed by atoms with Crippen molar-refractivity contribution in [3.8, 4) is 11.4 Å². The highest BCUT2D eigenvalue weighted by atomic mass is 127. The van der Waals surface area contributed by atoms with E-state index in [9.17, 15) is 0 Å². The molecule has 1 aromatic carbocycles. The van der Waals surface area contributed by atoms with Crippen LogP contribution < -0.4 is 28.5 Å². The van der Waals surface area contributed by atoms with Gasteiger partial charge in [0.05, 0.1) is 11.7 Å². The predicted octanol–water partition coefficient (Wildman–Crippen LogP) is 0.152. The summed E-state index contributed by atoms with van der Waals surface area (Å²) in [6.45, 7) is 8.46. The van der Waals surface area contributed by atoms with Crippen LogP contribution in [0, 0.1) is 13.8 Å². The minimum Gasteiger partial charge on any atom is -1.00 e. The Kier molecular flexibility index (Phi) is 5.05. The number of hydrogen-bond acceptors (Lipinski definition) is 1. The van der Waals surface area contributed by atoms with Gasteiger partial charge < -0.3 is 24.0 Å². The Labute approximate surface area is 148 Å². The van der Waals surface area contributed by atoms with Crippen molar-refractivity contribution in [3.05, 3.63) is 60.4 Å². The van der Waals surface area contributed by atoms with E-state index < -0.39 is 0 Å². The second-order valence-corrected chi connectivity index (χ2v) is 5.69. The molecule has 4 nitrogen and oxygen atoms in total. The van der Waals surface area contributed by atoms with Crippen molar-refractivity contribution in [1.29, 1.82) is 0 Å². The van der Waals surface area contributed by atoms with E-state index in [1.165, 1.54) is 0 Å². The first-order valence-corrected chi connectivity index (χ1v) is 7.28. The molecular formula is C17H21IN4. The molecule has 0 unspecified atom stereocenters. The fourth-order valence-electron chi connectivity index (χ4n) is 2.55. The number of hydrogen-bond donors (Lipinski definition) is 0. The molecule has 0 aliphatic heterocycles. The van der Waals surface area contributed by atoms with Crippen LogP contribution in [0.25, 0.3) is 11.4 Å². The topological polar surface area (TPSA) is 26.6 Å². The number of aromatic nitrogens is 4. The number of aryl methyl sites for hydroxylation is 2. The van der Waals surface area contributed by atoms with Gasteiger partial charge in [0.1, 0.15) is 18.1 Å². The van der Waals surface area contributed by atoms with Crippen LogP contribution in [0.2, 0.25) is 0 Å². The molecule has 0 amide bonds. The average Bonchev–Trinajstić information content (AvgIpc) is 3.05. The van der Waals surface area contributed by atoms with Gasteiger partial charge in [-0.1, -0.05) is 12.1 Å². The van der Waals surface area contributed by atoms with Crippen LogP contribution in [0.1, 0.15) is 31.3 Å². The van der Waals surface area contributed by atoms with Crippen molar-refractivity contribution in [1.82, 2.24) is 14.3 Å². The third-order valence-corrected chi connectivity index (χ3v) is 3.65. The van der Waals surface area contributed by atoms with Gasteiger partial charge in [-0.25, -0.2) is 13.8 Å². The summed E-state index contributed by atoms with van der Waals surface area (Å²) >= 11 is 0. The first kappa shape index (κ1) is 16.7. The molecule has 0 fully saturated rings. The SMILES string of the molecule is Cc1cc(C)n(-c2ccccc2-n2cc[n+](C(C)C)c2)n1.[I-]. The van der Waals surface area contributed by atoms with E-state index in [2.05, 4.69) is 84.1 Å². The molecule has 0 aliphatic carbocycles. The molecule has 22 heavy (non-hydrogen) atoms. The Morgan fingerprint density at radius 3 is 2.32 bits per heavy atom. The molecule has 2 aromatic heterocycles. The monoisotopic (exact) mass is 408 g/mol. The second kappa shape index (κ2) is 6.64. The van der Waals surface area contributed by atoms with Crippen LogP contribution in [0.5, 0.6) is 0 Å². The first-order valence-electron chi connectivity index (χ1n) is 7.28. The lowest BCUT2D eigenvalue weighted by Gasteiger charge is -2.08. The van der Waals surface area contributed by atoms with Crippen molar-refractivity contribution in [2.45, 2.75) is 33.7 Å². The summed E-state index contributed by atoms with van der Waals surface area (Å²) < 4.78 is 6.34. The molecule has 0 aliphatic rings. The van der Waals surface area contributed by atoms with Gasteiger partial charge in [-0.2, -0.15) is 5.10 Å². The first-order chi connectivity index (χ1) is 10.1. The lowest BCUT2D eigenvalue weighted by Crippen LogP contribution is -3.00. The Morgan fingerprint density at radius 2 is 1.77 bits per heavy atom. The smallest absolute Gasteiger partial charge is 0.249 e. The molecule has 0 bridgehead atoms. The molecule has 0 saturated heterocycles. The van der Waals surface area contributed by atoms with E-state index in [1.54, 1.807) is 0 Å². The van der Waals surface area contributed by atoms with Crippen LogP contribution in [0.15, 0.2) is 49.1 Å². The third-order valence-electron chi connectivity index (χ3n) is 3.65. The fourth-order valence-corrected chi connectivity index (χ4v) is 2.55. The van der Waals surface area contributed by atoms with Crippen molar-refractivity contribution in [2.75, 3.05) is 0 Å². The van der Waals surface area contributed by atoms with E-state index in [1.807, 2.05) is 11.6 Å². The Bertz CT molecular complexity index is 771. The van der Waals surface area contributed by atoms with Crippen LogP contribution in [-0.4, -0.2) is 14.3 Å². The van der Waals surface area contributed by atoms with Gasteiger partial charge in [0, 0.05) is 5.69 Å². The third kappa shape index (κ3) is 3.09. The number of halogens is 1. The van der Waals surface area contributed by atoms with Gasteiger partial charge >= 0.3 is 0 Å². The van der Waals surface area contributed by atoms with Gasteiger partial charge in [0.2, 0.25) is 6.33 Å². The van der Waals surface area contributed by atoms with Crippen LogP contribution in [-0.2, 0) is 0 Å². The molecule has 116 valence electrons. The zero-order valence-corrected chi connectivity index (χ0v) is 15.5. The quantitative estimate of drug-likeness (QED) is 0.448. The van der Waals surface area contributed by atoms with Crippen molar-refractivity contribution in [3.63, 3.8) is 0 Å². The van der Waals surface area contributed by atoms with Crippen molar-refractivity contribution in [2.24, 2.45) is 0 Å². The van der Waals surface area contributed by atoms with Gasteiger partial charge in [0.25, 0.3) is 0 Å². The van der Waals surface area contributed by atoms with E-state index >= 15 is 0 Å². The average molecular weight is 408 g/mol. The van der Waals surface area contributed by atoms with Gasteiger partial charge in [-0.3, -0.25) is 0 Å². The summed E-state index contributed by atoms with van der Waals surface area (Å²) in [7, 11) is 0. The predicted molar refractivity (Wildman–Crippen MR) is 82.9 cm³/mol. The molecular weight excluding hydrogens is 387 g/mol. The molecule has 0 N–H and O–H groups in total. The number of para-hydroxylation sites is 2. The van der Waals surface area contributed by atoms with Crippen LogP contribution in [0.3, 0.4) is 0 Å². The zero-order chi connectivity index (χ0) is 15.0. The molecule has 3 aromatic rings. The van der Waals surface area contributed by atoms with Crippen LogP contribution >= 0.6 is 0 Å². The number of benzene rings is 1. The molecule has 0 saturated carbocycles. The molecule has 2 heterocycles. The summed E-state index contributed by atoms with van der Waals surface area (Å²) in [5.41, 5.74) is 4.40. The van der Waals surface area contributed by atoms with Crippen molar-refractivity contribution < 1.29 is 28.5 Å². The van der Waals surface area contributed by atoms with Gasteiger partial charge in [-0.05, 0) is 45.9 Å². The Morgan fingerprint density at radius 1 is 1.09 bits per heavy atom. The highest BCUT2D eigenvalue weighted by Gasteiger charge is 2.15. The number of imidazole rings is 1. The zero-order valence-electron chi connectivity index (χ0n) is 13.4. The lowest BCUT2D eigenvalue weighted by atomic mass is 10.2. The van der Waals surface area contributed by atoms with E-state index in [0.717, 1.165) is 22.8 Å². The van der Waals surface area contributed by atoms with Gasteiger partial charge in [-0.15, -0.1) is 0 Å². The Hall–Kier alpha value is -1.63. The van der Waals surface area contributed by atoms with Crippen molar-refractivity contribution >= 4 is 0 Å². The summed E-state index contributed by atoms with van der Waals surface area (Å²) in [6, 6.07) is 10.9. The molecule has 0 radical (unpaired) electrons. The fraction of sp³-hybridized carbons (Fsp3) is 0.294. The maximum absolute atomic E-state index is 4.61. The second-order valence-electron chi connectivity index (χ2n) is 5.69. The minimum atomic E-state index is 0. The molecule has 3 rings (SSSR count). The largest absolute Gasteiger partial charge is 1.00 e. The summed E-state index contributed by atoms with van der Waals surface area (Å²) in [6.07, 6.45) is 6.31. The summed E-state index contributed by atoms with van der Waals surface area (Å²) in [4.78, 5) is 0. The molecule has 0 spiro atoms. The highest BCUT2D eigenvalue weighted by Crippen LogP contribution is 2.20. The number of rotatable bonds is 3. The normalized spacial score (nSPS) is 10.8. The Balaban J connectivity index is 0.00000176. The summed E-state index contributed by atoms with van der Waals surface area (Å²) in [5.74, 6) is 0. The molecule has 0 atom stereocenters. The van der Waals surface area contributed by atoms with Gasteiger partial charge in [0.15, 0.2) is 5.69 Å². The molecule has 5 heteroatoms. The van der Waals surface area contributed by atoms with Crippen LogP contribution in [0.4, 0.5) is 0 Å². The summed E-state index contributed by atoms with van der Waals surface area (Å²) in [5, 5.41) is 4.61. The maximum Gasteiger partial charge on any atom is 0.249 e. The van der Waals surface area contributed by atoms with E-state index in [-0.39, 0.29) is 24.0 Å². The van der Waals surface area contributed by atoms with E-state index in [4.69, 9.17) is 0 Å². The lowest BCUT2D eigenvalue weighted by molar-refractivity contribution is -0.715. The van der Waals surface area contributed by atoms with E-state index in [0.29, 0.717) is 6.04 Å². The highest BCUT2D eigenvalue weighted by molar-refractivity contribution is 5.52. The number of nitrogens with zero attached hydrogens (tertiary/aromatic N) is 4. The maximum atomic E-state index is 4.61. The minimum absolute atomic E-state index is 0. The standard InChI is InChI=1S/C17H21N4.HI/c1-13(2)19-9-10-20(12-19)16-7-5-6-8-17(16)21-15(4)11-14(3)18-21;/h5-13H,1-4H3;1H/q+1;/p-1.